The Kier molecular flexibility index (Phi) is 2.43. The van der Waals surface area contributed by atoms with E-state index in [4.69, 9.17) is 4.74 Å². The fourth-order valence-corrected chi connectivity index (χ4v) is 1.50. The van der Waals surface area contributed by atoms with Crippen molar-refractivity contribution in [2.45, 2.75) is 12.8 Å². The molecule has 1 aliphatic carbocycles. The summed E-state index contributed by atoms with van der Waals surface area (Å²) in [5.41, 5.74) is 0. The molecule has 7 heteroatoms. The molecule has 90 valence electrons. The van der Waals surface area contributed by atoms with Crippen LogP contribution in [0.25, 0.3) is 0 Å². The van der Waals surface area contributed by atoms with E-state index < -0.39 is 0 Å². The quantitative estimate of drug-likeness (QED) is 0.808. The number of ether oxygens (including phenoxy) is 1. The molecule has 2 N–H and O–H groups in total. The fourth-order valence-electron chi connectivity index (χ4n) is 1.50. The third-order valence-corrected chi connectivity index (χ3v) is 2.68. The molecule has 3 rings (SSSR count). The highest BCUT2D eigenvalue weighted by Gasteiger charge is 2.22. The first kappa shape index (κ1) is 10.1. The zero-order chi connectivity index (χ0) is 11.7. The lowest BCUT2D eigenvalue weighted by Crippen LogP contribution is -2.01. The molecular formula is C10H14N6O. The summed E-state index contributed by atoms with van der Waals surface area (Å²) >= 11 is 0. The molecule has 1 aliphatic rings. The number of aryl methyl sites for hydroxylation is 1. The van der Waals surface area contributed by atoms with E-state index in [2.05, 4.69) is 25.6 Å². The topological polar surface area (TPSA) is 80.7 Å². The second-order valence-corrected chi connectivity index (χ2v) is 4.20. The summed E-state index contributed by atoms with van der Waals surface area (Å²) in [6.07, 6.45) is 4.00. The predicted molar refractivity (Wildman–Crippen MR) is 61.1 cm³/mol. The first-order chi connectivity index (χ1) is 8.31. The minimum atomic E-state index is 0.585. The molecule has 2 aromatic rings. The third kappa shape index (κ3) is 2.38. The van der Waals surface area contributed by atoms with Crippen molar-refractivity contribution in [2.75, 3.05) is 11.9 Å². The van der Waals surface area contributed by atoms with Crippen molar-refractivity contribution < 1.29 is 4.74 Å². The van der Waals surface area contributed by atoms with E-state index >= 15 is 0 Å². The van der Waals surface area contributed by atoms with Crippen molar-refractivity contribution in [1.29, 1.82) is 0 Å². The second-order valence-electron chi connectivity index (χ2n) is 4.20. The lowest BCUT2D eigenvalue weighted by atomic mass is 10.5. The van der Waals surface area contributed by atoms with Crippen LogP contribution in [0.4, 0.5) is 11.8 Å². The largest absolute Gasteiger partial charge is 0.476 e. The number of rotatable bonds is 5. The highest BCUT2D eigenvalue weighted by Crippen LogP contribution is 2.29. The van der Waals surface area contributed by atoms with Crippen LogP contribution in [0.2, 0.25) is 0 Å². The van der Waals surface area contributed by atoms with Gasteiger partial charge in [0.15, 0.2) is 0 Å². The minimum absolute atomic E-state index is 0.585. The molecule has 0 atom stereocenters. The third-order valence-electron chi connectivity index (χ3n) is 2.68. The van der Waals surface area contributed by atoms with Crippen LogP contribution in [-0.2, 0) is 7.05 Å². The van der Waals surface area contributed by atoms with E-state index in [0.717, 1.165) is 18.3 Å². The van der Waals surface area contributed by atoms with Crippen LogP contribution in [0.5, 0.6) is 5.88 Å². The van der Waals surface area contributed by atoms with E-state index in [0.29, 0.717) is 11.8 Å². The van der Waals surface area contributed by atoms with Gasteiger partial charge >= 0.3 is 0 Å². The Hall–Kier alpha value is -2.05. The van der Waals surface area contributed by atoms with Crippen LogP contribution in [0.3, 0.4) is 0 Å². The smallest absolute Gasteiger partial charge is 0.234 e. The molecule has 7 nitrogen and oxygen atoms in total. The van der Waals surface area contributed by atoms with Crippen LogP contribution >= 0.6 is 0 Å². The van der Waals surface area contributed by atoms with Gasteiger partial charge in [-0.3, -0.25) is 0 Å². The van der Waals surface area contributed by atoms with E-state index in [-0.39, 0.29) is 0 Å². The van der Waals surface area contributed by atoms with Gasteiger partial charge < -0.3 is 10.1 Å². The summed E-state index contributed by atoms with van der Waals surface area (Å²) in [5, 5.41) is 13.8. The number of H-pyrrole nitrogens is 1. The minimum Gasteiger partial charge on any atom is -0.476 e. The molecule has 17 heavy (non-hydrogen) atoms. The molecule has 1 fully saturated rings. The summed E-state index contributed by atoms with van der Waals surface area (Å²) in [7, 11) is 1.85. The van der Waals surface area contributed by atoms with Crippen LogP contribution in [-0.4, -0.2) is 31.6 Å². The van der Waals surface area contributed by atoms with E-state index in [1.165, 1.54) is 19.2 Å². The predicted octanol–water partition coefficient (Wildman–Crippen LogP) is 1.07. The van der Waals surface area contributed by atoms with Crippen LogP contribution in [0, 0.1) is 5.92 Å². The first-order valence-electron chi connectivity index (χ1n) is 5.60. The molecule has 0 amide bonds. The zero-order valence-corrected chi connectivity index (χ0v) is 9.55. The SMILES string of the molecule is Cn1nc(OCC2CC2)cc1Nc1ncn[nH]1. The van der Waals surface area contributed by atoms with Crippen LogP contribution in [0.1, 0.15) is 12.8 Å². The molecule has 0 radical (unpaired) electrons. The van der Waals surface area contributed by atoms with E-state index in [9.17, 15) is 0 Å². The maximum absolute atomic E-state index is 5.59. The van der Waals surface area contributed by atoms with Gasteiger partial charge in [-0.1, -0.05) is 0 Å². The normalized spacial score (nSPS) is 14.9. The van der Waals surface area contributed by atoms with Gasteiger partial charge in [0, 0.05) is 13.1 Å². The summed E-state index contributed by atoms with van der Waals surface area (Å²) < 4.78 is 7.31. The standard InChI is InChI=1S/C10H14N6O/c1-16-8(13-10-11-6-12-14-10)4-9(15-16)17-5-7-2-3-7/h4,6-7H,2-3,5H2,1H3,(H2,11,12,13,14). The number of aromatic amines is 1. The van der Waals surface area contributed by atoms with Gasteiger partial charge in [0.25, 0.3) is 0 Å². The average Bonchev–Trinajstić information content (AvgIpc) is 2.89. The van der Waals surface area contributed by atoms with E-state index in [1.54, 1.807) is 4.68 Å². The van der Waals surface area contributed by atoms with Crippen molar-refractivity contribution in [3.8, 4) is 5.88 Å². The number of nitrogens with zero attached hydrogens (tertiary/aromatic N) is 4. The molecule has 0 aromatic carbocycles. The highest BCUT2D eigenvalue weighted by molar-refractivity contribution is 5.49. The Balaban J connectivity index is 1.66. The van der Waals surface area contributed by atoms with Gasteiger partial charge in [-0.25, -0.2) is 9.78 Å². The summed E-state index contributed by atoms with van der Waals surface area (Å²) in [6.45, 7) is 0.763. The second kappa shape index (κ2) is 4.08. The van der Waals surface area contributed by atoms with Crippen molar-refractivity contribution >= 4 is 11.8 Å². The van der Waals surface area contributed by atoms with Gasteiger partial charge in [0.05, 0.1) is 6.61 Å². The average molecular weight is 234 g/mol. The molecule has 0 unspecified atom stereocenters. The Morgan fingerprint density at radius 3 is 3.18 bits per heavy atom. The van der Waals surface area contributed by atoms with Crippen molar-refractivity contribution in [1.82, 2.24) is 25.0 Å². The monoisotopic (exact) mass is 234 g/mol. The lowest BCUT2D eigenvalue weighted by molar-refractivity contribution is 0.285. The molecule has 0 spiro atoms. The van der Waals surface area contributed by atoms with Gasteiger partial charge in [0.1, 0.15) is 12.1 Å². The molecule has 2 heterocycles. The Morgan fingerprint density at radius 1 is 1.59 bits per heavy atom. The zero-order valence-electron chi connectivity index (χ0n) is 9.55. The molecular weight excluding hydrogens is 220 g/mol. The molecule has 2 aromatic heterocycles. The number of hydrogen-bond donors (Lipinski definition) is 2. The number of anilines is 2. The van der Waals surface area contributed by atoms with Gasteiger partial charge in [-0.2, -0.15) is 10.1 Å². The summed E-state index contributed by atoms with van der Waals surface area (Å²) in [6, 6.07) is 1.85. The fraction of sp³-hybridized carbons (Fsp3) is 0.500. The molecule has 0 aliphatic heterocycles. The Morgan fingerprint density at radius 2 is 2.47 bits per heavy atom. The van der Waals surface area contributed by atoms with Crippen LogP contribution in [0.15, 0.2) is 12.4 Å². The Labute approximate surface area is 98.2 Å². The maximum atomic E-state index is 5.59. The van der Waals surface area contributed by atoms with Crippen LogP contribution < -0.4 is 10.1 Å². The Bertz CT molecular complexity index is 487. The van der Waals surface area contributed by atoms with Gasteiger partial charge in [-0.15, -0.1) is 5.10 Å². The summed E-state index contributed by atoms with van der Waals surface area (Å²) in [5.74, 6) is 2.76. The molecule has 0 bridgehead atoms. The first-order valence-corrected chi connectivity index (χ1v) is 5.60. The lowest BCUT2D eigenvalue weighted by Gasteiger charge is -1.99. The summed E-state index contributed by atoms with van der Waals surface area (Å²) in [4.78, 5) is 3.99. The van der Waals surface area contributed by atoms with Gasteiger partial charge in [0.2, 0.25) is 11.8 Å². The van der Waals surface area contributed by atoms with Crippen molar-refractivity contribution in [3.63, 3.8) is 0 Å². The molecule has 0 saturated heterocycles. The molecule has 1 saturated carbocycles. The number of nitrogens with one attached hydrogen (secondary N) is 2. The van der Waals surface area contributed by atoms with Crippen molar-refractivity contribution in [2.24, 2.45) is 13.0 Å². The van der Waals surface area contributed by atoms with Crippen molar-refractivity contribution in [3.05, 3.63) is 12.4 Å². The maximum Gasteiger partial charge on any atom is 0.234 e. The van der Waals surface area contributed by atoms with Gasteiger partial charge in [-0.05, 0) is 18.8 Å². The van der Waals surface area contributed by atoms with E-state index in [1.807, 2.05) is 13.1 Å². The highest BCUT2D eigenvalue weighted by atomic mass is 16.5. The number of aromatic nitrogens is 5. The number of hydrogen-bond acceptors (Lipinski definition) is 5.